The number of ether oxygens (including phenoxy) is 1. The highest BCUT2D eigenvalue weighted by Crippen LogP contribution is 2.33. The molecule has 1 aromatic rings. The molecule has 3 unspecified atom stereocenters. The van der Waals surface area contributed by atoms with E-state index in [0.29, 0.717) is 5.56 Å². The number of hydrogen-bond donors (Lipinski definition) is 2. The van der Waals surface area contributed by atoms with Crippen LogP contribution in [-0.4, -0.2) is 35.4 Å². The molecule has 2 N–H and O–H groups in total. The molecule has 24 heavy (non-hydrogen) atoms. The Morgan fingerprint density at radius 2 is 2.00 bits per heavy atom. The van der Waals surface area contributed by atoms with Crippen molar-refractivity contribution in [3.8, 4) is 6.07 Å². The van der Waals surface area contributed by atoms with Crippen molar-refractivity contribution in [1.82, 2.24) is 10.6 Å². The smallest absolute Gasteiger partial charge is 0.334 e. The number of carbonyl (C=O) groups is 3. The van der Waals surface area contributed by atoms with E-state index in [4.69, 9.17) is 17.0 Å². The van der Waals surface area contributed by atoms with E-state index in [1.807, 2.05) is 0 Å². The molecule has 124 valence electrons. The molecule has 0 radical (unpaired) electrons. The van der Waals surface area contributed by atoms with Gasteiger partial charge in [0.2, 0.25) is 5.91 Å². The molecule has 0 aromatic heterocycles. The molecule has 1 aromatic carbocycles. The summed E-state index contributed by atoms with van der Waals surface area (Å²) in [6.45, 7) is 1.46. The number of amides is 1. The van der Waals surface area contributed by atoms with E-state index in [2.05, 4.69) is 10.6 Å². The summed E-state index contributed by atoms with van der Waals surface area (Å²) in [5.74, 6) is -4.60. The minimum absolute atomic E-state index is 0.135. The van der Waals surface area contributed by atoms with Gasteiger partial charge in [0, 0.05) is 5.56 Å². The van der Waals surface area contributed by atoms with Crippen molar-refractivity contribution >= 4 is 35.0 Å². The van der Waals surface area contributed by atoms with Crippen LogP contribution in [-0.2, 0) is 14.3 Å². The summed E-state index contributed by atoms with van der Waals surface area (Å²) in [5, 5.41) is 14.2. The molecule has 2 rings (SSSR count). The standard InChI is InChI=1S/C16H15N3O4S/c1-9(12(20)10-6-4-3-5-7-10)16(14(22)23-2)11(8-17)13(21)18-15(24)19-16/h3-7,9,11H,1-2H3,(H2,18,19,21,24). The van der Waals surface area contributed by atoms with Crippen LogP contribution in [0.5, 0.6) is 0 Å². The van der Waals surface area contributed by atoms with E-state index in [1.165, 1.54) is 6.92 Å². The maximum absolute atomic E-state index is 12.8. The molecule has 0 bridgehead atoms. The second kappa shape index (κ2) is 6.76. The maximum Gasteiger partial charge on any atom is 0.334 e. The van der Waals surface area contributed by atoms with Gasteiger partial charge in [-0.1, -0.05) is 37.3 Å². The van der Waals surface area contributed by atoms with Gasteiger partial charge in [0.1, 0.15) is 0 Å². The number of Topliss-reactive ketones (excluding diaryl/α,β-unsaturated/α-hetero) is 1. The molecule has 1 heterocycles. The lowest BCUT2D eigenvalue weighted by Crippen LogP contribution is -2.73. The van der Waals surface area contributed by atoms with Crippen LogP contribution < -0.4 is 10.6 Å². The van der Waals surface area contributed by atoms with Gasteiger partial charge < -0.3 is 15.4 Å². The third-order valence-electron chi connectivity index (χ3n) is 4.06. The Morgan fingerprint density at radius 3 is 2.54 bits per heavy atom. The molecule has 0 aliphatic carbocycles. The summed E-state index contributed by atoms with van der Waals surface area (Å²) in [6.07, 6.45) is 0. The highest BCUT2D eigenvalue weighted by molar-refractivity contribution is 7.80. The molecule has 1 fully saturated rings. The van der Waals surface area contributed by atoms with Crippen molar-refractivity contribution in [3.63, 3.8) is 0 Å². The minimum atomic E-state index is -1.89. The lowest BCUT2D eigenvalue weighted by molar-refractivity contribution is -0.154. The van der Waals surface area contributed by atoms with Crippen molar-refractivity contribution in [2.24, 2.45) is 11.8 Å². The predicted octanol–water partition coefficient (Wildman–Crippen LogP) is 0.561. The SMILES string of the molecule is COC(=O)C1(C(C)C(=O)c2ccccc2)NC(=S)NC(=O)C1C#N. The number of thiocarbonyl (C=S) groups is 1. The zero-order chi connectivity index (χ0) is 17.9. The minimum Gasteiger partial charge on any atom is -0.467 e. The van der Waals surface area contributed by atoms with Crippen LogP contribution in [0.25, 0.3) is 0 Å². The lowest BCUT2D eigenvalue weighted by atomic mass is 9.70. The number of rotatable bonds is 4. The summed E-state index contributed by atoms with van der Waals surface area (Å²) in [5.41, 5.74) is -1.54. The third-order valence-corrected chi connectivity index (χ3v) is 4.27. The van der Waals surface area contributed by atoms with Crippen molar-refractivity contribution < 1.29 is 19.1 Å². The van der Waals surface area contributed by atoms with Gasteiger partial charge in [0.15, 0.2) is 22.4 Å². The highest BCUT2D eigenvalue weighted by atomic mass is 32.1. The van der Waals surface area contributed by atoms with E-state index in [1.54, 1.807) is 36.4 Å². The Balaban J connectivity index is 2.57. The largest absolute Gasteiger partial charge is 0.467 e. The summed E-state index contributed by atoms with van der Waals surface area (Å²) in [4.78, 5) is 37.5. The number of nitrogens with one attached hydrogen (secondary N) is 2. The summed E-state index contributed by atoms with van der Waals surface area (Å²) in [7, 11) is 1.12. The molecule has 3 atom stereocenters. The van der Waals surface area contributed by atoms with Gasteiger partial charge in [0.25, 0.3) is 0 Å². The van der Waals surface area contributed by atoms with Crippen LogP contribution in [0.2, 0.25) is 0 Å². The molecule has 8 heteroatoms. The fourth-order valence-electron chi connectivity index (χ4n) is 2.77. The summed E-state index contributed by atoms with van der Waals surface area (Å²) >= 11 is 4.95. The van der Waals surface area contributed by atoms with Crippen LogP contribution in [0.1, 0.15) is 17.3 Å². The summed E-state index contributed by atoms with van der Waals surface area (Å²) < 4.78 is 4.78. The lowest BCUT2D eigenvalue weighted by Gasteiger charge is -2.42. The van der Waals surface area contributed by atoms with Crippen molar-refractivity contribution in [1.29, 1.82) is 5.26 Å². The van der Waals surface area contributed by atoms with Gasteiger partial charge in [-0.05, 0) is 12.2 Å². The monoisotopic (exact) mass is 345 g/mol. The number of benzene rings is 1. The van der Waals surface area contributed by atoms with Crippen LogP contribution in [0.4, 0.5) is 0 Å². The topological polar surface area (TPSA) is 108 Å². The van der Waals surface area contributed by atoms with Gasteiger partial charge in [0.05, 0.1) is 19.1 Å². The molecule has 1 amide bonds. The second-order valence-electron chi connectivity index (χ2n) is 5.32. The molecule has 1 aliphatic rings. The average Bonchev–Trinajstić information content (AvgIpc) is 2.59. The van der Waals surface area contributed by atoms with Crippen LogP contribution in [0.3, 0.4) is 0 Å². The molecule has 1 aliphatic heterocycles. The number of hydrogen-bond acceptors (Lipinski definition) is 6. The molecule has 7 nitrogen and oxygen atoms in total. The Bertz CT molecular complexity index is 743. The summed E-state index contributed by atoms with van der Waals surface area (Å²) in [6, 6.07) is 10.1. The van der Waals surface area contributed by atoms with Crippen molar-refractivity contribution in [3.05, 3.63) is 35.9 Å². The Kier molecular flexibility index (Phi) is 4.95. The Morgan fingerprint density at radius 1 is 1.38 bits per heavy atom. The predicted molar refractivity (Wildman–Crippen MR) is 87.7 cm³/mol. The number of ketones is 1. The number of nitrogens with zero attached hydrogens (tertiary/aromatic N) is 1. The van der Waals surface area contributed by atoms with Crippen LogP contribution >= 0.6 is 12.2 Å². The zero-order valence-electron chi connectivity index (χ0n) is 13.0. The van der Waals surface area contributed by atoms with Gasteiger partial charge in [-0.2, -0.15) is 5.26 Å². The van der Waals surface area contributed by atoms with E-state index < -0.39 is 35.0 Å². The van der Waals surface area contributed by atoms with E-state index in [0.717, 1.165) is 7.11 Å². The van der Waals surface area contributed by atoms with E-state index >= 15 is 0 Å². The quantitative estimate of drug-likeness (QED) is 0.466. The average molecular weight is 345 g/mol. The number of carbonyl (C=O) groups excluding carboxylic acids is 3. The Labute approximate surface area is 144 Å². The molecular weight excluding hydrogens is 330 g/mol. The highest BCUT2D eigenvalue weighted by Gasteiger charge is 2.59. The van der Waals surface area contributed by atoms with E-state index in [-0.39, 0.29) is 5.11 Å². The van der Waals surface area contributed by atoms with Gasteiger partial charge in [-0.25, -0.2) is 4.79 Å². The molecule has 0 saturated carbocycles. The maximum atomic E-state index is 12.8. The van der Waals surface area contributed by atoms with Gasteiger partial charge in [-0.3, -0.25) is 9.59 Å². The first-order valence-electron chi connectivity index (χ1n) is 7.08. The zero-order valence-corrected chi connectivity index (χ0v) is 13.8. The first kappa shape index (κ1) is 17.6. The van der Waals surface area contributed by atoms with Gasteiger partial charge in [-0.15, -0.1) is 0 Å². The molecule has 1 saturated heterocycles. The normalized spacial score (nSPS) is 24.1. The van der Waals surface area contributed by atoms with Crippen molar-refractivity contribution in [2.75, 3.05) is 7.11 Å². The molecular formula is C16H15N3O4S. The third kappa shape index (κ3) is 2.74. The van der Waals surface area contributed by atoms with Gasteiger partial charge >= 0.3 is 5.97 Å². The Hall–Kier alpha value is -2.79. The fourth-order valence-corrected chi connectivity index (χ4v) is 3.04. The van der Waals surface area contributed by atoms with Crippen molar-refractivity contribution in [2.45, 2.75) is 12.5 Å². The fraction of sp³-hybridized carbons (Fsp3) is 0.312. The number of methoxy groups -OCH3 is 1. The second-order valence-corrected chi connectivity index (χ2v) is 5.73. The van der Waals surface area contributed by atoms with Crippen LogP contribution in [0.15, 0.2) is 30.3 Å². The molecule has 0 spiro atoms. The number of nitriles is 1. The van der Waals surface area contributed by atoms with Crippen LogP contribution in [0, 0.1) is 23.2 Å². The van der Waals surface area contributed by atoms with E-state index in [9.17, 15) is 19.6 Å². The number of esters is 1. The first-order valence-corrected chi connectivity index (χ1v) is 7.49. The first-order chi connectivity index (χ1) is 11.4.